The van der Waals surface area contributed by atoms with Gasteiger partial charge in [0.25, 0.3) is 11.8 Å². The number of imide groups is 1. The molecule has 0 aromatic carbocycles. The number of primary amides is 2. The van der Waals surface area contributed by atoms with Crippen LogP contribution in [-0.2, 0) is 9.59 Å². The van der Waals surface area contributed by atoms with Gasteiger partial charge in [-0.3, -0.25) is 24.5 Å². The number of thioether (sulfide) groups is 1. The van der Waals surface area contributed by atoms with E-state index in [2.05, 4.69) is 20.3 Å². The van der Waals surface area contributed by atoms with Crippen LogP contribution in [0.3, 0.4) is 0 Å². The molecule has 0 spiro atoms. The fourth-order valence-electron chi connectivity index (χ4n) is 2.80. The second-order valence-corrected chi connectivity index (χ2v) is 9.28. The molecule has 1 aliphatic heterocycles. The van der Waals surface area contributed by atoms with E-state index in [1.807, 2.05) is 0 Å². The predicted molar refractivity (Wildman–Crippen MR) is 144 cm³/mol. The summed E-state index contributed by atoms with van der Waals surface area (Å²) in [6.45, 7) is 0. The lowest BCUT2D eigenvalue weighted by atomic mass is 10.1. The third kappa shape index (κ3) is 9.02. The summed E-state index contributed by atoms with van der Waals surface area (Å²) < 4.78 is 0.644. The standard InChI is InChI=1S/C11H11N3O3S.C6H6N2OS.C6H5NO2S/c12-9(16)6-2-1-5-13-11(6)18-7-3-4-8(15)14-10(7)17;7-5(9)4-2-1-3-8-6(4)10;8-6(9)4-2-1-3-7-5(4)10/h1-2,5,7H,3-4H2,(H2,12,16)(H,14,15,17);1-3H,(H2,7,9)(H,8,10);1-3H,(H,7,10)(H,8,9). The van der Waals surface area contributed by atoms with Gasteiger partial charge in [0.05, 0.1) is 21.9 Å². The van der Waals surface area contributed by atoms with Gasteiger partial charge in [-0.1, -0.05) is 36.2 Å². The van der Waals surface area contributed by atoms with E-state index in [1.54, 1.807) is 42.7 Å². The van der Waals surface area contributed by atoms with Gasteiger partial charge in [-0.2, -0.15) is 0 Å². The van der Waals surface area contributed by atoms with Crippen molar-refractivity contribution in [1.82, 2.24) is 20.3 Å². The van der Waals surface area contributed by atoms with Gasteiger partial charge in [-0.15, -0.1) is 0 Å². The maximum absolute atomic E-state index is 11.6. The SMILES string of the molecule is NC(=O)c1ccc[nH]c1=S.NC(=O)c1cccnc1SC1CCC(=O)NC1=O.O=C(O)c1ccc[nH]c1=S. The number of nitrogens with one attached hydrogen (secondary N) is 3. The minimum atomic E-state index is -0.998. The van der Waals surface area contributed by atoms with E-state index in [0.29, 0.717) is 28.1 Å². The number of pyridine rings is 3. The highest BCUT2D eigenvalue weighted by Crippen LogP contribution is 2.28. The molecule has 1 unspecified atom stereocenters. The number of carbonyl (C=O) groups excluding carboxylic acids is 4. The van der Waals surface area contributed by atoms with E-state index in [0.717, 1.165) is 11.8 Å². The van der Waals surface area contributed by atoms with E-state index in [-0.39, 0.29) is 27.6 Å². The topological polar surface area (TPSA) is 214 Å². The van der Waals surface area contributed by atoms with Crippen LogP contribution >= 0.6 is 36.2 Å². The third-order valence-electron chi connectivity index (χ3n) is 4.61. The number of aromatic amines is 2. The van der Waals surface area contributed by atoms with Crippen molar-refractivity contribution in [3.05, 3.63) is 81.0 Å². The summed E-state index contributed by atoms with van der Waals surface area (Å²) >= 11 is 10.6. The van der Waals surface area contributed by atoms with Gasteiger partial charge in [0, 0.05) is 25.0 Å². The van der Waals surface area contributed by atoms with E-state index in [9.17, 15) is 24.0 Å². The van der Waals surface area contributed by atoms with Crippen LogP contribution in [-0.4, -0.2) is 54.9 Å². The zero-order chi connectivity index (χ0) is 28.2. The van der Waals surface area contributed by atoms with Crippen molar-refractivity contribution in [2.24, 2.45) is 11.5 Å². The monoisotopic (exact) mass is 574 g/mol. The number of aromatic nitrogens is 3. The number of nitrogens with zero attached hydrogens (tertiary/aromatic N) is 1. The van der Waals surface area contributed by atoms with Gasteiger partial charge in [0.15, 0.2) is 0 Å². The number of H-pyrrole nitrogens is 2. The first-order chi connectivity index (χ1) is 18.0. The molecule has 4 amide bonds. The Morgan fingerprint density at radius 1 is 0.921 bits per heavy atom. The van der Waals surface area contributed by atoms with Gasteiger partial charge < -0.3 is 26.5 Å². The molecule has 3 aromatic rings. The van der Waals surface area contributed by atoms with Gasteiger partial charge >= 0.3 is 5.97 Å². The molecule has 8 N–H and O–H groups in total. The maximum atomic E-state index is 11.6. The Kier molecular flexibility index (Phi) is 11.5. The molecule has 1 aliphatic rings. The maximum Gasteiger partial charge on any atom is 0.338 e. The highest BCUT2D eigenvalue weighted by atomic mass is 32.2. The number of hydrogen-bond donors (Lipinski definition) is 6. The van der Waals surface area contributed by atoms with Crippen molar-refractivity contribution in [2.75, 3.05) is 0 Å². The first-order valence-corrected chi connectivity index (χ1v) is 12.3. The summed E-state index contributed by atoms with van der Waals surface area (Å²) in [5.41, 5.74) is 11.0. The Balaban J connectivity index is 0.000000216. The van der Waals surface area contributed by atoms with Crippen LogP contribution in [0.25, 0.3) is 0 Å². The van der Waals surface area contributed by atoms with Gasteiger partial charge in [0.1, 0.15) is 14.3 Å². The van der Waals surface area contributed by atoms with Crippen molar-refractivity contribution < 1.29 is 29.1 Å². The van der Waals surface area contributed by atoms with Crippen LogP contribution in [0.15, 0.2) is 60.0 Å². The summed E-state index contributed by atoms with van der Waals surface area (Å²) in [4.78, 5) is 64.1. The molecule has 198 valence electrons. The number of nitrogens with two attached hydrogens (primary N) is 2. The molecule has 3 aromatic heterocycles. The molecule has 0 aliphatic carbocycles. The fraction of sp³-hybridized carbons (Fsp3) is 0.130. The van der Waals surface area contributed by atoms with E-state index < -0.39 is 23.0 Å². The Bertz CT molecular complexity index is 1410. The highest BCUT2D eigenvalue weighted by molar-refractivity contribution is 8.00. The summed E-state index contributed by atoms with van der Waals surface area (Å²) in [5.74, 6) is -2.70. The van der Waals surface area contributed by atoms with Crippen molar-refractivity contribution in [1.29, 1.82) is 0 Å². The van der Waals surface area contributed by atoms with Crippen molar-refractivity contribution in [2.45, 2.75) is 23.1 Å². The average Bonchev–Trinajstić information content (AvgIpc) is 2.87. The van der Waals surface area contributed by atoms with Gasteiger partial charge in [-0.05, 0) is 42.8 Å². The normalized spacial score (nSPS) is 14.1. The number of carbonyl (C=O) groups is 5. The van der Waals surface area contributed by atoms with Crippen molar-refractivity contribution >= 4 is 65.8 Å². The van der Waals surface area contributed by atoms with Crippen LogP contribution in [0.5, 0.6) is 0 Å². The summed E-state index contributed by atoms with van der Waals surface area (Å²) in [6, 6.07) is 9.48. The fourth-order valence-corrected chi connectivity index (χ4v) is 4.35. The largest absolute Gasteiger partial charge is 0.478 e. The van der Waals surface area contributed by atoms with Crippen molar-refractivity contribution in [3.8, 4) is 0 Å². The zero-order valence-electron chi connectivity index (χ0n) is 19.5. The average molecular weight is 575 g/mol. The highest BCUT2D eigenvalue weighted by Gasteiger charge is 2.28. The molecule has 0 radical (unpaired) electrons. The third-order valence-corrected chi connectivity index (χ3v) is 6.57. The molecule has 15 heteroatoms. The molecule has 1 saturated heterocycles. The second-order valence-electron chi connectivity index (χ2n) is 7.27. The summed E-state index contributed by atoms with van der Waals surface area (Å²) in [5, 5.41) is 10.7. The lowest BCUT2D eigenvalue weighted by Crippen LogP contribution is -2.42. The number of aromatic carboxylic acids is 1. The molecule has 1 fully saturated rings. The molecule has 4 heterocycles. The van der Waals surface area contributed by atoms with Crippen LogP contribution in [0, 0.1) is 9.28 Å². The number of piperidine rings is 1. The molecule has 38 heavy (non-hydrogen) atoms. The van der Waals surface area contributed by atoms with Crippen LogP contribution in [0.4, 0.5) is 0 Å². The first-order valence-electron chi connectivity index (χ1n) is 10.6. The Morgan fingerprint density at radius 2 is 1.47 bits per heavy atom. The molecule has 4 rings (SSSR count). The molecule has 0 saturated carbocycles. The minimum Gasteiger partial charge on any atom is -0.478 e. The molecular weight excluding hydrogens is 552 g/mol. The molecule has 0 bridgehead atoms. The first kappa shape index (κ1) is 30.0. The Morgan fingerprint density at radius 3 is 1.92 bits per heavy atom. The Labute approximate surface area is 230 Å². The van der Waals surface area contributed by atoms with Crippen molar-refractivity contribution in [3.63, 3.8) is 0 Å². The molecule has 1 atom stereocenters. The van der Waals surface area contributed by atoms with Gasteiger partial charge in [-0.25, -0.2) is 9.78 Å². The predicted octanol–water partition coefficient (Wildman–Crippen LogP) is 2.36. The van der Waals surface area contributed by atoms with Crippen LogP contribution < -0.4 is 16.8 Å². The van der Waals surface area contributed by atoms with Gasteiger partial charge in [0.2, 0.25) is 11.8 Å². The lowest BCUT2D eigenvalue weighted by molar-refractivity contribution is -0.132. The smallest absolute Gasteiger partial charge is 0.338 e. The lowest BCUT2D eigenvalue weighted by Gasteiger charge is -2.20. The number of rotatable bonds is 5. The van der Waals surface area contributed by atoms with E-state index >= 15 is 0 Å². The van der Waals surface area contributed by atoms with Crippen LogP contribution in [0.2, 0.25) is 0 Å². The molecule has 12 nitrogen and oxygen atoms in total. The zero-order valence-corrected chi connectivity index (χ0v) is 22.0. The Hall–Kier alpha value is -4.21. The summed E-state index contributed by atoms with van der Waals surface area (Å²) in [7, 11) is 0. The minimum absolute atomic E-state index is 0.137. The van der Waals surface area contributed by atoms with E-state index in [1.165, 1.54) is 12.3 Å². The van der Waals surface area contributed by atoms with Crippen LogP contribution in [0.1, 0.15) is 43.9 Å². The summed E-state index contributed by atoms with van der Waals surface area (Å²) in [6.07, 6.45) is 5.50. The number of amides is 4. The number of carboxylic acid groups (broad SMARTS) is 1. The second kappa shape index (κ2) is 14.5. The number of carboxylic acids is 1. The number of hydrogen-bond acceptors (Lipinski definition) is 9. The quantitative estimate of drug-likeness (QED) is 0.193. The molecular formula is C23H22N6O6S3. The van der Waals surface area contributed by atoms with E-state index in [4.69, 9.17) is 41.0 Å².